The minimum atomic E-state index is -0.809. The van der Waals surface area contributed by atoms with Gasteiger partial charge in [-0.1, -0.05) is 12.1 Å². The number of aliphatic hydroxyl groups is 2. The van der Waals surface area contributed by atoms with Crippen LogP contribution < -0.4 is 5.32 Å². The van der Waals surface area contributed by atoms with Crippen molar-refractivity contribution in [3.05, 3.63) is 29.3 Å². The molecule has 0 aliphatic heterocycles. The number of nitriles is 1. The Morgan fingerprint density at radius 2 is 2.27 bits per heavy atom. The van der Waals surface area contributed by atoms with Crippen LogP contribution in [0.15, 0.2) is 18.2 Å². The van der Waals surface area contributed by atoms with E-state index in [1.807, 2.05) is 19.1 Å². The van der Waals surface area contributed by atoms with Gasteiger partial charge in [0.05, 0.1) is 24.0 Å². The van der Waals surface area contributed by atoms with Crippen LogP contribution in [-0.4, -0.2) is 29.5 Å². The molecule has 0 fully saturated rings. The van der Waals surface area contributed by atoms with E-state index in [0.29, 0.717) is 11.3 Å². The number of para-hydroxylation sites is 1. The molecule has 0 aliphatic carbocycles. The zero-order valence-electron chi connectivity index (χ0n) is 8.57. The summed E-state index contributed by atoms with van der Waals surface area (Å²) in [6.07, 6.45) is -0.809. The number of nitrogens with one attached hydrogen (secondary N) is 1. The third kappa shape index (κ3) is 2.94. The largest absolute Gasteiger partial charge is 0.394 e. The van der Waals surface area contributed by atoms with Crippen molar-refractivity contribution in [3.63, 3.8) is 0 Å². The van der Waals surface area contributed by atoms with Crippen LogP contribution in [0.25, 0.3) is 0 Å². The summed E-state index contributed by atoms with van der Waals surface area (Å²) in [6, 6.07) is 7.47. The minimum Gasteiger partial charge on any atom is -0.394 e. The lowest BCUT2D eigenvalue weighted by Crippen LogP contribution is -2.23. The number of aliphatic hydroxyl groups excluding tert-OH is 2. The van der Waals surface area contributed by atoms with Gasteiger partial charge < -0.3 is 15.5 Å². The highest BCUT2D eigenvalue weighted by Gasteiger charge is 2.06. The van der Waals surface area contributed by atoms with Crippen LogP contribution in [0.1, 0.15) is 11.1 Å². The molecule has 0 aromatic heterocycles. The van der Waals surface area contributed by atoms with Crippen molar-refractivity contribution in [2.75, 3.05) is 18.5 Å². The van der Waals surface area contributed by atoms with Crippen molar-refractivity contribution >= 4 is 5.69 Å². The second kappa shape index (κ2) is 5.35. The molecule has 0 radical (unpaired) electrons. The lowest BCUT2D eigenvalue weighted by Gasteiger charge is -2.13. The highest BCUT2D eigenvalue weighted by molar-refractivity contribution is 5.62. The topological polar surface area (TPSA) is 76.3 Å². The van der Waals surface area contributed by atoms with Crippen molar-refractivity contribution < 1.29 is 10.2 Å². The first-order chi connectivity index (χ1) is 7.19. The molecule has 0 amide bonds. The fourth-order valence-electron chi connectivity index (χ4n) is 1.28. The van der Waals surface area contributed by atoms with Crippen LogP contribution >= 0.6 is 0 Å². The van der Waals surface area contributed by atoms with Gasteiger partial charge in [-0.2, -0.15) is 5.26 Å². The molecule has 1 aromatic rings. The van der Waals surface area contributed by atoms with Crippen molar-refractivity contribution in [2.45, 2.75) is 13.0 Å². The van der Waals surface area contributed by atoms with Crippen LogP contribution in [-0.2, 0) is 0 Å². The van der Waals surface area contributed by atoms with E-state index in [0.717, 1.165) is 5.56 Å². The molecule has 4 heteroatoms. The molecule has 4 nitrogen and oxygen atoms in total. The number of benzene rings is 1. The summed E-state index contributed by atoms with van der Waals surface area (Å²) in [7, 11) is 0. The zero-order chi connectivity index (χ0) is 11.3. The molecule has 80 valence electrons. The summed E-state index contributed by atoms with van der Waals surface area (Å²) in [5.74, 6) is 0. The third-order valence-electron chi connectivity index (χ3n) is 2.12. The Balaban J connectivity index is 2.80. The second-order valence-corrected chi connectivity index (χ2v) is 3.33. The molecule has 0 saturated carbocycles. The van der Waals surface area contributed by atoms with Crippen LogP contribution in [0.4, 0.5) is 5.69 Å². The molecule has 1 unspecified atom stereocenters. The van der Waals surface area contributed by atoms with Gasteiger partial charge in [-0.3, -0.25) is 0 Å². The van der Waals surface area contributed by atoms with Crippen LogP contribution in [0.5, 0.6) is 0 Å². The van der Waals surface area contributed by atoms with Crippen LogP contribution in [0.3, 0.4) is 0 Å². The lowest BCUT2D eigenvalue weighted by atomic mass is 10.1. The fourth-order valence-corrected chi connectivity index (χ4v) is 1.28. The Morgan fingerprint density at radius 3 is 2.87 bits per heavy atom. The molecule has 15 heavy (non-hydrogen) atoms. The maximum absolute atomic E-state index is 9.18. The normalized spacial score (nSPS) is 11.9. The SMILES string of the molecule is Cc1cccc(C#N)c1NCC(O)CO. The molecular weight excluding hydrogens is 192 g/mol. The minimum absolute atomic E-state index is 0.232. The highest BCUT2D eigenvalue weighted by Crippen LogP contribution is 2.19. The fraction of sp³-hybridized carbons (Fsp3) is 0.364. The Labute approximate surface area is 88.8 Å². The van der Waals surface area contributed by atoms with Gasteiger partial charge in [0.15, 0.2) is 0 Å². The van der Waals surface area contributed by atoms with Crippen molar-refractivity contribution in [2.24, 2.45) is 0 Å². The van der Waals surface area contributed by atoms with Crippen LogP contribution in [0.2, 0.25) is 0 Å². The van der Waals surface area contributed by atoms with E-state index in [9.17, 15) is 5.11 Å². The summed E-state index contributed by atoms with van der Waals surface area (Å²) >= 11 is 0. The standard InChI is InChI=1S/C11H14N2O2/c1-8-3-2-4-9(5-12)11(8)13-6-10(15)7-14/h2-4,10,13-15H,6-7H2,1H3. The van der Waals surface area contributed by atoms with Crippen molar-refractivity contribution in [1.29, 1.82) is 5.26 Å². The lowest BCUT2D eigenvalue weighted by molar-refractivity contribution is 0.105. The van der Waals surface area contributed by atoms with Gasteiger partial charge in [0.25, 0.3) is 0 Å². The summed E-state index contributed by atoms with van der Waals surface area (Å²) in [5.41, 5.74) is 2.20. The first-order valence-corrected chi connectivity index (χ1v) is 4.71. The van der Waals surface area contributed by atoms with Gasteiger partial charge in [-0.05, 0) is 18.6 Å². The average Bonchev–Trinajstić information content (AvgIpc) is 2.26. The van der Waals surface area contributed by atoms with Gasteiger partial charge in [0, 0.05) is 6.54 Å². The molecule has 1 rings (SSSR count). The number of hydrogen-bond donors (Lipinski definition) is 3. The van der Waals surface area contributed by atoms with E-state index in [4.69, 9.17) is 10.4 Å². The number of rotatable bonds is 4. The zero-order valence-corrected chi connectivity index (χ0v) is 8.57. The quantitative estimate of drug-likeness (QED) is 0.675. The van der Waals surface area contributed by atoms with Gasteiger partial charge in [-0.15, -0.1) is 0 Å². The Bertz CT molecular complexity index is 371. The van der Waals surface area contributed by atoms with Crippen molar-refractivity contribution in [3.8, 4) is 6.07 Å². The first-order valence-electron chi connectivity index (χ1n) is 4.71. The Kier molecular flexibility index (Phi) is 4.10. The van der Waals surface area contributed by atoms with E-state index >= 15 is 0 Å². The summed E-state index contributed by atoms with van der Waals surface area (Å²) in [4.78, 5) is 0. The van der Waals surface area contributed by atoms with E-state index in [-0.39, 0.29) is 13.2 Å². The average molecular weight is 206 g/mol. The third-order valence-corrected chi connectivity index (χ3v) is 2.12. The molecular formula is C11H14N2O2. The van der Waals surface area contributed by atoms with E-state index < -0.39 is 6.10 Å². The number of aryl methyl sites for hydroxylation is 1. The summed E-state index contributed by atoms with van der Waals surface area (Å²) < 4.78 is 0. The number of nitrogens with zero attached hydrogens (tertiary/aromatic N) is 1. The summed E-state index contributed by atoms with van der Waals surface area (Å²) in [6.45, 7) is 1.82. The maximum atomic E-state index is 9.18. The van der Waals surface area contributed by atoms with Crippen molar-refractivity contribution in [1.82, 2.24) is 0 Å². The predicted octanol–water partition coefficient (Wildman–Crippen LogP) is 0.632. The van der Waals surface area contributed by atoms with Gasteiger partial charge in [-0.25, -0.2) is 0 Å². The second-order valence-electron chi connectivity index (χ2n) is 3.33. The molecule has 3 N–H and O–H groups in total. The summed E-state index contributed by atoms with van der Waals surface area (Å²) in [5, 5.41) is 29.6. The molecule has 0 heterocycles. The molecule has 0 aliphatic rings. The predicted molar refractivity (Wildman–Crippen MR) is 57.5 cm³/mol. The molecule has 1 atom stereocenters. The monoisotopic (exact) mass is 206 g/mol. The van der Waals surface area contributed by atoms with Gasteiger partial charge in [0.2, 0.25) is 0 Å². The maximum Gasteiger partial charge on any atom is 0.101 e. The molecule has 1 aromatic carbocycles. The van der Waals surface area contributed by atoms with Gasteiger partial charge >= 0.3 is 0 Å². The molecule has 0 saturated heterocycles. The molecule has 0 spiro atoms. The Morgan fingerprint density at radius 1 is 1.53 bits per heavy atom. The van der Waals surface area contributed by atoms with E-state index in [1.54, 1.807) is 6.07 Å². The first kappa shape index (κ1) is 11.5. The smallest absolute Gasteiger partial charge is 0.101 e. The van der Waals surface area contributed by atoms with E-state index in [1.165, 1.54) is 0 Å². The van der Waals surface area contributed by atoms with Crippen LogP contribution in [0, 0.1) is 18.3 Å². The van der Waals surface area contributed by atoms with Gasteiger partial charge in [0.1, 0.15) is 6.07 Å². The number of hydrogen-bond acceptors (Lipinski definition) is 4. The highest BCUT2D eigenvalue weighted by atomic mass is 16.3. The molecule has 0 bridgehead atoms. The number of anilines is 1. The van der Waals surface area contributed by atoms with E-state index in [2.05, 4.69) is 11.4 Å². The Hall–Kier alpha value is -1.57.